The summed E-state index contributed by atoms with van der Waals surface area (Å²) in [7, 11) is 0. The van der Waals surface area contributed by atoms with E-state index in [9.17, 15) is 10.2 Å². The maximum absolute atomic E-state index is 10.5. The summed E-state index contributed by atoms with van der Waals surface area (Å²) >= 11 is 0. The zero-order valence-corrected chi connectivity index (χ0v) is 18.2. The van der Waals surface area contributed by atoms with Gasteiger partial charge in [0.15, 0.2) is 0 Å². The molecule has 1 aromatic rings. The summed E-state index contributed by atoms with van der Waals surface area (Å²) in [5, 5.41) is 21.0. The topological polar surface area (TPSA) is 43.7 Å². The van der Waals surface area contributed by atoms with Gasteiger partial charge in [0.1, 0.15) is 0 Å². The smallest absolute Gasteiger partial charge is 0.0971 e. The first-order chi connectivity index (χ1) is 14.1. The van der Waals surface area contributed by atoms with Crippen molar-refractivity contribution in [3.63, 3.8) is 0 Å². The highest BCUT2D eigenvalue weighted by molar-refractivity contribution is 5.24. The van der Waals surface area contributed by atoms with E-state index < -0.39 is 6.10 Å². The molecule has 160 valence electrons. The Morgan fingerprint density at radius 1 is 1.10 bits per heavy atom. The fourth-order valence-corrected chi connectivity index (χ4v) is 5.19. The van der Waals surface area contributed by atoms with Crippen molar-refractivity contribution in [1.29, 1.82) is 0 Å². The number of hydrogen-bond acceptors (Lipinski definition) is 3. The molecule has 0 spiro atoms. The molecule has 0 unspecified atom stereocenters. The Hall–Kier alpha value is -1.42. The molecule has 2 N–H and O–H groups in total. The van der Waals surface area contributed by atoms with Crippen LogP contribution in [0.4, 0.5) is 0 Å². The Morgan fingerprint density at radius 2 is 1.86 bits per heavy atom. The van der Waals surface area contributed by atoms with Gasteiger partial charge in [0.05, 0.1) is 12.2 Å². The molecule has 1 saturated carbocycles. The minimum Gasteiger partial charge on any atom is -0.392 e. The normalized spacial score (nSPS) is 27.6. The molecule has 0 aliphatic heterocycles. The Balaban J connectivity index is 1.45. The van der Waals surface area contributed by atoms with Crippen LogP contribution in [0.25, 0.3) is 0 Å². The van der Waals surface area contributed by atoms with Crippen LogP contribution in [0.1, 0.15) is 64.0 Å². The van der Waals surface area contributed by atoms with E-state index >= 15 is 0 Å². The lowest BCUT2D eigenvalue weighted by Crippen LogP contribution is -2.23. The van der Waals surface area contributed by atoms with Gasteiger partial charge in [0.25, 0.3) is 0 Å². The first-order valence-electron chi connectivity index (χ1n) is 11.6. The van der Waals surface area contributed by atoms with Crippen LogP contribution in [0.15, 0.2) is 54.1 Å². The molecule has 2 aliphatic carbocycles. The van der Waals surface area contributed by atoms with Crippen LogP contribution in [0.5, 0.6) is 0 Å². The molecule has 3 rings (SSSR count). The molecule has 1 aromatic carbocycles. The molecular weight excluding hydrogens is 358 g/mol. The maximum Gasteiger partial charge on any atom is 0.0971 e. The number of rotatable bonds is 11. The molecule has 3 heteroatoms. The van der Waals surface area contributed by atoms with Gasteiger partial charge < -0.3 is 15.1 Å². The summed E-state index contributed by atoms with van der Waals surface area (Å²) in [4.78, 5) is 2.50. The minimum absolute atomic E-state index is 0.162. The van der Waals surface area contributed by atoms with Crippen molar-refractivity contribution in [2.24, 2.45) is 17.8 Å². The summed E-state index contributed by atoms with van der Waals surface area (Å²) < 4.78 is 0. The van der Waals surface area contributed by atoms with Crippen molar-refractivity contribution >= 4 is 0 Å². The van der Waals surface area contributed by atoms with Crippen molar-refractivity contribution < 1.29 is 10.2 Å². The lowest BCUT2D eigenvalue weighted by Gasteiger charge is -2.19. The standard InChI is InChI=1S/C26H39NO2/c1-3-27(4-2)16-10-6-7-11-20-17-22-19-26(29)23(24(22)18-20)14-15-25(28)21-12-8-5-9-13-21/h5,8-9,12-15,17,22-26,28-29H,3-4,6-7,10-11,16,18-19H2,1-2H3/t22-,23+,24-,25+,26+/m0/s1. The number of fused-ring (bicyclic) bond motifs is 1. The van der Waals surface area contributed by atoms with Crippen molar-refractivity contribution in [2.45, 2.75) is 64.6 Å². The molecule has 0 aromatic heterocycles. The fourth-order valence-electron chi connectivity index (χ4n) is 5.19. The Kier molecular flexibility index (Phi) is 8.53. The molecule has 0 saturated heterocycles. The monoisotopic (exact) mass is 397 g/mol. The molecule has 1 fully saturated rings. The molecule has 5 atom stereocenters. The largest absolute Gasteiger partial charge is 0.392 e. The Labute approximate surface area is 177 Å². The van der Waals surface area contributed by atoms with E-state index in [0.717, 1.165) is 31.5 Å². The lowest BCUT2D eigenvalue weighted by molar-refractivity contribution is 0.140. The van der Waals surface area contributed by atoms with Gasteiger partial charge in [-0.3, -0.25) is 0 Å². The van der Waals surface area contributed by atoms with Crippen molar-refractivity contribution in [3.05, 3.63) is 59.7 Å². The molecule has 0 amide bonds. The third kappa shape index (κ3) is 6.04. The summed E-state index contributed by atoms with van der Waals surface area (Å²) in [6.45, 7) is 8.01. The summed E-state index contributed by atoms with van der Waals surface area (Å²) in [6.07, 6.45) is 12.6. The number of unbranched alkanes of at least 4 members (excludes halogenated alkanes) is 2. The van der Waals surface area contributed by atoms with Gasteiger partial charge >= 0.3 is 0 Å². The van der Waals surface area contributed by atoms with E-state index in [1.165, 1.54) is 32.2 Å². The van der Waals surface area contributed by atoms with E-state index in [2.05, 4.69) is 30.9 Å². The summed E-state index contributed by atoms with van der Waals surface area (Å²) in [5.41, 5.74) is 2.50. The summed E-state index contributed by atoms with van der Waals surface area (Å²) in [6, 6.07) is 9.74. The number of aliphatic hydroxyl groups is 2. The van der Waals surface area contributed by atoms with E-state index in [1.54, 1.807) is 5.57 Å². The second-order valence-corrected chi connectivity index (χ2v) is 8.82. The van der Waals surface area contributed by atoms with Crippen LogP contribution in [0.3, 0.4) is 0 Å². The predicted molar refractivity (Wildman–Crippen MR) is 121 cm³/mol. The highest BCUT2D eigenvalue weighted by Crippen LogP contribution is 2.48. The first-order valence-corrected chi connectivity index (χ1v) is 11.6. The van der Waals surface area contributed by atoms with Crippen molar-refractivity contribution in [1.82, 2.24) is 4.90 Å². The quantitative estimate of drug-likeness (QED) is 0.402. The SMILES string of the molecule is CCN(CC)CCCCCC1=C[C@H]2C[C@@H](O)[C@H](C=C[C@@H](O)c3ccccc3)[C@H]2C1. The highest BCUT2D eigenvalue weighted by atomic mass is 16.3. The van der Waals surface area contributed by atoms with Crippen LogP contribution in [0.2, 0.25) is 0 Å². The van der Waals surface area contributed by atoms with Gasteiger partial charge in [-0.15, -0.1) is 0 Å². The molecule has 0 bridgehead atoms. The number of aliphatic hydroxyl groups excluding tert-OH is 2. The molecular formula is C26H39NO2. The van der Waals surface area contributed by atoms with Crippen LogP contribution in [-0.2, 0) is 0 Å². The third-order valence-electron chi connectivity index (χ3n) is 6.97. The van der Waals surface area contributed by atoms with E-state index in [1.807, 2.05) is 36.4 Å². The van der Waals surface area contributed by atoms with Gasteiger partial charge in [0, 0.05) is 5.92 Å². The Bertz CT molecular complexity index is 665. The third-order valence-corrected chi connectivity index (χ3v) is 6.97. The minimum atomic E-state index is -0.595. The van der Waals surface area contributed by atoms with Crippen LogP contribution in [0, 0.1) is 17.8 Å². The van der Waals surface area contributed by atoms with Gasteiger partial charge in [-0.1, -0.05) is 74.4 Å². The first kappa shape index (κ1) is 22.3. The van der Waals surface area contributed by atoms with Crippen LogP contribution < -0.4 is 0 Å². The number of hydrogen-bond donors (Lipinski definition) is 2. The Morgan fingerprint density at radius 3 is 2.59 bits per heavy atom. The maximum atomic E-state index is 10.5. The zero-order valence-electron chi connectivity index (χ0n) is 18.2. The van der Waals surface area contributed by atoms with Gasteiger partial charge in [0.2, 0.25) is 0 Å². The predicted octanol–water partition coefficient (Wildman–Crippen LogP) is 5.12. The van der Waals surface area contributed by atoms with Gasteiger partial charge in [-0.2, -0.15) is 0 Å². The second-order valence-electron chi connectivity index (χ2n) is 8.82. The average molecular weight is 398 g/mol. The van der Waals surface area contributed by atoms with Gasteiger partial charge in [-0.05, 0) is 69.1 Å². The number of nitrogens with zero attached hydrogens (tertiary/aromatic N) is 1. The van der Waals surface area contributed by atoms with Crippen molar-refractivity contribution in [3.8, 4) is 0 Å². The van der Waals surface area contributed by atoms with Crippen molar-refractivity contribution in [2.75, 3.05) is 19.6 Å². The molecule has 0 heterocycles. The average Bonchev–Trinajstić information content (AvgIpc) is 3.26. The molecule has 29 heavy (non-hydrogen) atoms. The second kappa shape index (κ2) is 11.1. The summed E-state index contributed by atoms with van der Waals surface area (Å²) in [5.74, 6) is 1.18. The molecule has 0 radical (unpaired) electrons. The van der Waals surface area contributed by atoms with Crippen LogP contribution >= 0.6 is 0 Å². The number of benzene rings is 1. The highest BCUT2D eigenvalue weighted by Gasteiger charge is 2.43. The molecule has 3 nitrogen and oxygen atoms in total. The van der Waals surface area contributed by atoms with Crippen LogP contribution in [-0.4, -0.2) is 40.9 Å². The zero-order chi connectivity index (χ0) is 20.6. The van der Waals surface area contributed by atoms with E-state index in [4.69, 9.17) is 0 Å². The fraction of sp³-hybridized carbons (Fsp3) is 0.615. The van der Waals surface area contributed by atoms with Gasteiger partial charge in [-0.25, -0.2) is 0 Å². The number of allylic oxidation sites excluding steroid dienone is 2. The van der Waals surface area contributed by atoms with E-state index in [0.29, 0.717) is 11.8 Å². The van der Waals surface area contributed by atoms with E-state index in [-0.39, 0.29) is 12.0 Å². The molecule has 2 aliphatic rings. The lowest BCUT2D eigenvalue weighted by atomic mass is 9.88.